The number of benzene rings is 1. The van der Waals surface area contributed by atoms with Crippen LogP contribution in [0.25, 0.3) is 0 Å². The van der Waals surface area contributed by atoms with E-state index in [1.54, 1.807) is 6.07 Å². The molecule has 0 unspecified atom stereocenters. The molecule has 0 aliphatic carbocycles. The van der Waals surface area contributed by atoms with Crippen LogP contribution in [0.5, 0.6) is 0 Å². The fraction of sp³-hybridized carbons (Fsp3) is 0.133. The predicted octanol–water partition coefficient (Wildman–Crippen LogP) is 1.71. The summed E-state index contributed by atoms with van der Waals surface area (Å²) in [5.74, 6) is -1.35. The second kappa shape index (κ2) is 6.85. The van der Waals surface area contributed by atoms with Crippen LogP contribution in [0.3, 0.4) is 0 Å². The van der Waals surface area contributed by atoms with Gasteiger partial charge in [-0.25, -0.2) is 12.8 Å². The van der Waals surface area contributed by atoms with E-state index < -0.39 is 32.5 Å². The average Bonchev–Trinajstić information content (AvgIpc) is 3.26. The van der Waals surface area contributed by atoms with E-state index in [9.17, 15) is 17.6 Å². The maximum atomic E-state index is 12.9. The Kier molecular flexibility index (Phi) is 4.61. The van der Waals surface area contributed by atoms with Crippen molar-refractivity contribution in [2.24, 2.45) is 0 Å². The van der Waals surface area contributed by atoms with Crippen molar-refractivity contribution >= 4 is 15.7 Å². The maximum Gasteiger partial charge on any atom is 0.335 e. The summed E-state index contributed by atoms with van der Waals surface area (Å²) in [5.41, 5.74) is 0.382. The third-order valence-electron chi connectivity index (χ3n) is 3.13. The van der Waals surface area contributed by atoms with E-state index in [-0.39, 0.29) is 18.2 Å². The summed E-state index contributed by atoms with van der Waals surface area (Å²) in [4.78, 5) is 11.7. The van der Waals surface area contributed by atoms with E-state index in [0.29, 0.717) is 5.56 Å². The molecular formula is C15H12FN3O5S. The highest BCUT2D eigenvalue weighted by Gasteiger charge is 2.23. The first-order valence-electron chi connectivity index (χ1n) is 7.05. The number of halogens is 1. The number of hydrogen-bond donors (Lipinski definition) is 1. The minimum absolute atomic E-state index is 0.0717. The molecule has 130 valence electrons. The van der Waals surface area contributed by atoms with Gasteiger partial charge in [0, 0.05) is 0 Å². The molecule has 1 N–H and O–H groups in total. The van der Waals surface area contributed by atoms with Crippen molar-refractivity contribution in [3.8, 4) is 0 Å². The van der Waals surface area contributed by atoms with E-state index in [2.05, 4.69) is 15.5 Å². The first-order chi connectivity index (χ1) is 11.9. The van der Waals surface area contributed by atoms with Crippen LogP contribution in [0, 0.1) is 5.82 Å². The van der Waals surface area contributed by atoms with Gasteiger partial charge in [0.2, 0.25) is 15.7 Å². The van der Waals surface area contributed by atoms with Crippen LogP contribution in [-0.2, 0) is 22.1 Å². The summed E-state index contributed by atoms with van der Waals surface area (Å²) in [7, 11) is -3.88. The van der Waals surface area contributed by atoms with Crippen LogP contribution < -0.4 is 5.32 Å². The monoisotopic (exact) mass is 365 g/mol. The number of hydrogen-bond acceptors (Lipinski definition) is 7. The van der Waals surface area contributed by atoms with Crippen molar-refractivity contribution in [2.75, 3.05) is 0 Å². The number of carbonyl (C=O) groups excluding carboxylic acids is 1. The van der Waals surface area contributed by atoms with Crippen LogP contribution in [0.15, 0.2) is 56.7 Å². The van der Waals surface area contributed by atoms with Gasteiger partial charge in [0.05, 0.1) is 18.6 Å². The first-order valence-corrected chi connectivity index (χ1v) is 8.70. The molecule has 3 rings (SSSR count). The van der Waals surface area contributed by atoms with Gasteiger partial charge in [-0.3, -0.25) is 4.79 Å². The maximum absolute atomic E-state index is 12.9. The highest BCUT2D eigenvalue weighted by Crippen LogP contribution is 2.16. The van der Waals surface area contributed by atoms with Gasteiger partial charge in [0.1, 0.15) is 5.82 Å². The quantitative estimate of drug-likeness (QED) is 0.707. The van der Waals surface area contributed by atoms with Crippen molar-refractivity contribution in [3.63, 3.8) is 0 Å². The Morgan fingerprint density at radius 2 is 1.92 bits per heavy atom. The van der Waals surface area contributed by atoms with Crippen molar-refractivity contribution in [1.82, 2.24) is 15.5 Å². The second-order valence-electron chi connectivity index (χ2n) is 5.01. The number of rotatable bonds is 6. The van der Waals surface area contributed by atoms with E-state index >= 15 is 0 Å². The van der Waals surface area contributed by atoms with Crippen LogP contribution in [0.2, 0.25) is 0 Å². The molecule has 0 atom stereocenters. The molecule has 0 aliphatic rings. The lowest BCUT2D eigenvalue weighted by atomic mass is 10.2. The molecule has 0 aliphatic heterocycles. The van der Waals surface area contributed by atoms with Gasteiger partial charge in [-0.1, -0.05) is 17.2 Å². The summed E-state index contributed by atoms with van der Waals surface area (Å²) in [6.07, 6.45) is 1.35. The largest absolute Gasteiger partial charge is 0.459 e. The van der Waals surface area contributed by atoms with Gasteiger partial charge >= 0.3 is 5.22 Å². The van der Waals surface area contributed by atoms with E-state index in [4.69, 9.17) is 8.83 Å². The summed E-state index contributed by atoms with van der Waals surface area (Å²) in [6.45, 7) is -0.154. The third kappa shape index (κ3) is 4.10. The number of nitrogens with zero attached hydrogens (tertiary/aromatic N) is 2. The van der Waals surface area contributed by atoms with Crippen LogP contribution >= 0.6 is 0 Å². The van der Waals surface area contributed by atoms with Crippen molar-refractivity contribution in [3.05, 3.63) is 65.7 Å². The van der Waals surface area contributed by atoms with E-state index in [0.717, 1.165) is 12.1 Å². The Balaban J connectivity index is 1.65. The molecule has 0 fully saturated rings. The molecule has 0 bridgehead atoms. The zero-order valence-corrected chi connectivity index (χ0v) is 13.5. The lowest BCUT2D eigenvalue weighted by molar-refractivity contribution is 0.0919. The van der Waals surface area contributed by atoms with E-state index in [1.165, 1.54) is 24.5 Å². The second-order valence-corrected chi connectivity index (χ2v) is 6.87. The third-order valence-corrected chi connectivity index (χ3v) is 4.54. The van der Waals surface area contributed by atoms with Crippen LogP contribution in [-0.4, -0.2) is 24.5 Å². The molecule has 2 aromatic heterocycles. The summed E-state index contributed by atoms with van der Waals surface area (Å²) in [5, 5.41) is 8.97. The predicted molar refractivity (Wildman–Crippen MR) is 81.5 cm³/mol. The normalized spacial score (nSPS) is 11.4. The van der Waals surface area contributed by atoms with Gasteiger partial charge in [-0.2, -0.15) is 0 Å². The van der Waals surface area contributed by atoms with Gasteiger partial charge in [0.15, 0.2) is 5.76 Å². The summed E-state index contributed by atoms with van der Waals surface area (Å²) in [6, 6.07) is 8.06. The molecule has 8 nitrogen and oxygen atoms in total. The molecule has 2 heterocycles. The number of furan rings is 1. The van der Waals surface area contributed by atoms with Gasteiger partial charge in [-0.15, -0.1) is 5.10 Å². The molecule has 10 heteroatoms. The number of amides is 1. The zero-order valence-electron chi connectivity index (χ0n) is 12.7. The molecule has 0 saturated carbocycles. The Labute approximate surface area is 141 Å². The highest BCUT2D eigenvalue weighted by molar-refractivity contribution is 7.90. The summed E-state index contributed by atoms with van der Waals surface area (Å²) >= 11 is 0. The molecule has 1 amide bonds. The SMILES string of the molecule is O=C(NCc1nnc(S(=O)(=O)Cc2ccc(F)cc2)o1)c1ccco1. The number of nitrogens with one attached hydrogen (secondary N) is 1. The Morgan fingerprint density at radius 3 is 2.60 bits per heavy atom. The molecule has 3 aromatic rings. The van der Waals surface area contributed by atoms with Gasteiger partial charge < -0.3 is 14.2 Å². The molecule has 0 radical (unpaired) electrons. The standard InChI is InChI=1S/C15H12FN3O5S/c16-11-5-3-10(4-6-11)9-25(21,22)15-19-18-13(24-15)8-17-14(20)12-2-1-7-23-12/h1-7H,8-9H2,(H,17,20). The molecule has 1 aromatic carbocycles. The van der Waals surface area contributed by atoms with Crippen molar-refractivity contribution < 1.29 is 26.4 Å². The van der Waals surface area contributed by atoms with Crippen LogP contribution in [0.4, 0.5) is 4.39 Å². The van der Waals surface area contributed by atoms with E-state index in [1.807, 2.05) is 0 Å². The Bertz CT molecular complexity index is 965. The Morgan fingerprint density at radius 1 is 1.16 bits per heavy atom. The lowest BCUT2D eigenvalue weighted by Gasteiger charge is -2.00. The van der Waals surface area contributed by atoms with Crippen LogP contribution in [0.1, 0.15) is 22.0 Å². The first kappa shape index (κ1) is 16.8. The molecular weight excluding hydrogens is 353 g/mol. The Hall–Kier alpha value is -3.01. The highest BCUT2D eigenvalue weighted by atomic mass is 32.2. The van der Waals surface area contributed by atoms with Gasteiger partial charge in [-0.05, 0) is 29.8 Å². The topological polar surface area (TPSA) is 115 Å². The molecule has 0 saturated heterocycles. The minimum atomic E-state index is -3.88. The number of carbonyl (C=O) groups is 1. The molecule has 0 spiro atoms. The van der Waals surface area contributed by atoms with Crippen molar-refractivity contribution in [2.45, 2.75) is 17.5 Å². The fourth-order valence-electron chi connectivity index (χ4n) is 1.95. The number of sulfone groups is 1. The zero-order chi connectivity index (χ0) is 17.9. The smallest absolute Gasteiger partial charge is 0.335 e. The fourth-order valence-corrected chi connectivity index (χ4v) is 3.09. The lowest BCUT2D eigenvalue weighted by Crippen LogP contribution is -2.22. The van der Waals surface area contributed by atoms with Crippen molar-refractivity contribution in [1.29, 1.82) is 0 Å². The molecule has 25 heavy (non-hydrogen) atoms. The minimum Gasteiger partial charge on any atom is -0.459 e. The number of aromatic nitrogens is 2. The van der Waals surface area contributed by atoms with Gasteiger partial charge in [0.25, 0.3) is 5.91 Å². The average molecular weight is 365 g/mol. The summed E-state index contributed by atoms with van der Waals surface area (Å²) < 4.78 is 47.3.